The van der Waals surface area contributed by atoms with E-state index < -0.39 is 0 Å². The van der Waals surface area contributed by atoms with Crippen LogP contribution in [-0.4, -0.2) is 4.98 Å². The SMILES string of the molecule is Cc1nc2ccc(OCc3ccccc3C#N)cc2o1. The van der Waals surface area contributed by atoms with Crippen molar-refractivity contribution in [3.8, 4) is 11.8 Å². The topological polar surface area (TPSA) is 59.0 Å². The highest BCUT2D eigenvalue weighted by Crippen LogP contribution is 2.22. The lowest BCUT2D eigenvalue weighted by Gasteiger charge is -2.07. The zero-order chi connectivity index (χ0) is 13.9. The van der Waals surface area contributed by atoms with Gasteiger partial charge in [-0.2, -0.15) is 5.26 Å². The standard InChI is InChI=1S/C16H12N2O2/c1-11-18-15-7-6-14(8-16(15)20-11)19-10-13-5-3-2-4-12(13)9-17/h2-8H,10H2,1H3. The second-order valence-electron chi connectivity index (χ2n) is 4.42. The smallest absolute Gasteiger partial charge is 0.192 e. The van der Waals surface area contributed by atoms with Gasteiger partial charge in [0.05, 0.1) is 11.6 Å². The van der Waals surface area contributed by atoms with Crippen molar-refractivity contribution < 1.29 is 9.15 Å². The Labute approximate surface area is 116 Å². The summed E-state index contributed by atoms with van der Waals surface area (Å²) < 4.78 is 11.2. The van der Waals surface area contributed by atoms with Gasteiger partial charge in [0.1, 0.15) is 17.9 Å². The van der Waals surface area contributed by atoms with E-state index in [1.807, 2.05) is 43.3 Å². The minimum Gasteiger partial charge on any atom is -0.489 e. The van der Waals surface area contributed by atoms with Crippen molar-refractivity contribution in [1.82, 2.24) is 4.98 Å². The molecule has 0 aliphatic rings. The van der Waals surface area contributed by atoms with Gasteiger partial charge in [-0.1, -0.05) is 18.2 Å². The van der Waals surface area contributed by atoms with Gasteiger partial charge in [-0.25, -0.2) is 4.98 Å². The van der Waals surface area contributed by atoms with Crippen LogP contribution in [0.3, 0.4) is 0 Å². The molecule has 0 aliphatic heterocycles. The average molecular weight is 264 g/mol. The van der Waals surface area contributed by atoms with Gasteiger partial charge in [0.15, 0.2) is 11.5 Å². The van der Waals surface area contributed by atoms with Crippen LogP contribution in [0, 0.1) is 18.3 Å². The molecule has 0 saturated heterocycles. The van der Waals surface area contributed by atoms with Crippen LogP contribution in [0.25, 0.3) is 11.1 Å². The number of fused-ring (bicyclic) bond motifs is 1. The first-order valence-electron chi connectivity index (χ1n) is 6.24. The summed E-state index contributed by atoms with van der Waals surface area (Å²) in [4.78, 5) is 4.23. The Bertz CT molecular complexity index is 800. The van der Waals surface area contributed by atoms with Crippen LogP contribution in [0.5, 0.6) is 5.75 Å². The van der Waals surface area contributed by atoms with Gasteiger partial charge >= 0.3 is 0 Å². The van der Waals surface area contributed by atoms with Gasteiger partial charge in [0.2, 0.25) is 0 Å². The Morgan fingerprint density at radius 3 is 2.95 bits per heavy atom. The van der Waals surface area contributed by atoms with Crippen molar-refractivity contribution in [2.75, 3.05) is 0 Å². The molecular formula is C16H12N2O2. The highest BCUT2D eigenvalue weighted by atomic mass is 16.5. The van der Waals surface area contributed by atoms with Gasteiger partial charge in [-0.15, -0.1) is 0 Å². The van der Waals surface area contributed by atoms with Crippen molar-refractivity contribution in [3.63, 3.8) is 0 Å². The molecule has 0 spiro atoms. The van der Waals surface area contributed by atoms with E-state index in [1.54, 1.807) is 6.07 Å². The first-order chi connectivity index (χ1) is 9.76. The first kappa shape index (κ1) is 12.2. The summed E-state index contributed by atoms with van der Waals surface area (Å²) in [5.41, 5.74) is 3.01. The van der Waals surface area contributed by atoms with Crippen LogP contribution in [-0.2, 0) is 6.61 Å². The van der Waals surface area contributed by atoms with E-state index in [-0.39, 0.29) is 0 Å². The number of hydrogen-bond donors (Lipinski definition) is 0. The predicted octanol–water partition coefficient (Wildman–Crippen LogP) is 3.59. The molecule has 4 nitrogen and oxygen atoms in total. The summed E-state index contributed by atoms with van der Waals surface area (Å²) in [7, 11) is 0. The fraction of sp³-hybridized carbons (Fsp3) is 0.125. The molecule has 1 heterocycles. The molecule has 0 fully saturated rings. The lowest BCUT2D eigenvalue weighted by atomic mass is 10.1. The lowest BCUT2D eigenvalue weighted by Crippen LogP contribution is -1.97. The normalized spacial score (nSPS) is 10.4. The number of aromatic nitrogens is 1. The van der Waals surface area contributed by atoms with Crippen LogP contribution in [0.15, 0.2) is 46.9 Å². The molecule has 3 rings (SSSR count). The Kier molecular flexibility index (Phi) is 3.10. The van der Waals surface area contributed by atoms with Crippen LogP contribution in [0.1, 0.15) is 17.0 Å². The highest BCUT2D eigenvalue weighted by Gasteiger charge is 2.05. The molecule has 0 N–H and O–H groups in total. The molecule has 4 heteroatoms. The monoisotopic (exact) mass is 264 g/mol. The fourth-order valence-electron chi connectivity index (χ4n) is 2.03. The van der Waals surface area contributed by atoms with E-state index in [0.29, 0.717) is 29.4 Å². The molecule has 0 radical (unpaired) electrons. The second-order valence-corrected chi connectivity index (χ2v) is 4.42. The summed E-state index contributed by atoms with van der Waals surface area (Å²) in [5, 5.41) is 9.03. The minimum absolute atomic E-state index is 0.350. The maximum atomic E-state index is 9.03. The summed E-state index contributed by atoms with van der Waals surface area (Å²) in [6.07, 6.45) is 0. The molecule has 1 aromatic heterocycles. The van der Waals surface area contributed by atoms with Crippen molar-refractivity contribution in [1.29, 1.82) is 5.26 Å². The zero-order valence-electron chi connectivity index (χ0n) is 11.0. The number of hydrogen-bond acceptors (Lipinski definition) is 4. The molecule has 0 bridgehead atoms. The van der Waals surface area contributed by atoms with Crippen molar-refractivity contribution in [2.45, 2.75) is 13.5 Å². The molecular weight excluding hydrogens is 252 g/mol. The molecule has 2 aromatic carbocycles. The number of rotatable bonds is 3. The Hall–Kier alpha value is -2.80. The second kappa shape index (κ2) is 5.06. The summed E-state index contributed by atoms with van der Waals surface area (Å²) >= 11 is 0. The van der Waals surface area contributed by atoms with E-state index in [4.69, 9.17) is 14.4 Å². The van der Waals surface area contributed by atoms with Crippen molar-refractivity contribution in [3.05, 3.63) is 59.5 Å². The molecule has 0 aliphatic carbocycles. The minimum atomic E-state index is 0.350. The summed E-state index contributed by atoms with van der Waals surface area (Å²) in [5.74, 6) is 1.33. The van der Waals surface area contributed by atoms with E-state index >= 15 is 0 Å². The molecule has 0 saturated carbocycles. The van der Waals surface area contributed by atoms with Crippen LogP contribution in [0.4, 0.5) is 0 Å². The maximum Gasteiger partial charge on any atom is 0.192 e. The van der Waals surface area contributed by atoms with E-state index in [2.05, 4.69) is 11.1 Å². The molecule has 20 heavy (non-hydrogen) atoms. The molecule has 3 aromatic rings. The van der Waals surface area contributed by atoms with Gasteiger partial charge in [0, 0.05) is 18.6 Å². The van der Waals surface area contributed by atoms with Gasteiger partial charge in [-0.3, -0.25) is 0 Å². The van der Waals surface area contributed by atoms with E-state index in [0.717, 1.165) is 11.1 Å². The van der Waals surface area contributed by atoms with Gasteiger partial charge in [-0.05, 0) is 18.2 Å². The summed E-state index contributed by atoms with van der Waals surface area (Å²) in [6, 6.07) is 15.1. The van der Waals surface area contributed by atoms with E-state index in [1.165, 1.54) is 0 Å². The number of benzene rings is 2. The van der Waals surface area contributed by atoms with Crippen LogP contribution < -0.4 is 4.74 Å². The maximum absolute atomic E-state index is 9.03. The third-order valence-electron chi connectivity index (χ3n) is 3.00. The number of nitriles is 1. The third kappa shape index (κ3) is 2.34. The van der Waals surface area contributed by atoms with Crippen molar-refractivity contribution >= 4 is 11.1 Å². The summed E-state index contributed by atoms with van der Waals surface area (Å²) in [6.45, 7) is 2.16. The Morgan fingerprint density at radius 1 is 1.25 bits per heavy atom. The van der Waals surface area contributed by atoms with Gasteiger partial charge in [0.25, 0.3) is 0 Å². The van der Waals surface area contributed by atoms with Crippen LogP contribution in [0.2, 0.25) is 0 Å². The molecule has 0 amide bonds. The van der Waals surface area contributed by atoms with Gasteiger partial charge < -0.3 is 9.15 Å². The molecule has 98 valence electrons. The fourth-order valence-corrected chi connectivity index (χ4v) is 2.03. The number of oxazole rings is 1. The first-order valence-corrected chi connectivity index (χ1v) is 6.24. The third-order valence-corrected chi connectivity index (χ3v) is 3.00. The average Bonchev–Trinajstić information content (AvgIpc) is 2.84. The number of ether oxygens (including phenoxy) is 1. The number of aryl methyl sites for hydroxylation is 1. The molecule has 0 unspecified atom stereocenters. The molecule has 0 atom stereocenters. The zero-order valence-corrected chi connectivity index (χ0v) is 11.0. The Morgan fingerprint density at radius 2 is 2.10 bits per heavy atom. The van der Waals surface area contributed by atoms with Crippen molar-refractivity contribution in [2.24, 2.45) is 0 Å². The Balaban J connectivity index is 1.81. The predicted molar refractivity (Wildman–Crippen MR) is 74.2 cm³/mol. The quantitative estimate of drug-likeness (QED) is 0.725. The lowest BCUT2D eigenvalue weighted by molar-refractivity contribution is 0.306. The largest absolute Gasteiger partial charge is 0.489 e. The van der Waals surface area contributed by atoms with E-state index in [9.17, 15) is 0 Å². The van der Waals surface area contributed by atoms with Crippen LogP contribution >= 0.6 is 0 Å². The highest BCUT2D eigenvalue weighted by molar-refractivity contribution is 5.74. The number of nitrogens with zero attached hydrogens (tertiary/aromatic N) is 2.